The second-order valence-electron chi connectivity index (χ2n) is 5.10. The number of amides is 2. The fourth-order valence-electron chi connectivity index (χ4n) is 1.84. The van der Waals surface area contributed by atoms with E-state index in [1.54, 1.807) is 31.4 Å². The Labute approximate surface area is 131 Å². The summed E-state index contributed by atoms with van der Waals surface area (Å²) in [7, 11) is 1.57. The molecule has 0 saturated heterocycles. The van der Waals surface area contributed by atoms with E-state index in [0.29, 0.717) is 18.0 Å². The minimum atomic E-state index is -0.232. The Kier molecular flexibility index (Phi) is 7.22. The lowest BCUT2D eigenvalue weighted by atomic mass is 10.3. The Hall–Kier alpha value is -2.24. The summed E-state index contributed by atoms with van der Waals surface area (Å²) in [4.78, 5) is 25.3. The van der Waals surface area contributed by atoms with Crippen molar-refractivity contribution in [3.8, 4) is 11.5 Å². The predicted molar refractivity (Wildman–Crippen MR) is 84.0 cm³/mol. The van der Waals surface area contributed by atoms with Crippen molar-refractivity contribution in [3.05, 3.63) is 24.3 Å². The molecule has 0 aliphatic heterocycles. The Balaban J connectivity index is 2.52. The molecule has 0 aromatic heterocycles. The van der Waals surface area contributed by atoms with Gasteiger partial charge in [0.1, 0.15) is 11.5 Å². The molecule has 1 N–H and O–H groups in total. The van der Waals surface area contributed by atoms with E-state index in [-0.39, 0.29) is 31.0 Å². The third-order valence-electron chi connectivity index (χ3n) is 2.92. The van der Waals surface area contributed by atoms with Crippen LogP contribution in [0.2, 0.25) is 0 Å². The largest absolute Gasteiger partial charge is 0.497 e. The average molecular weight is 308 g/mol. The van der Waals surface area contributed by atoms with Crippen LogP contribution >= 0.6 is 0 Å². The Morgan fingerprint density at radius 3 is 2.55 bits per heavy atom. The molecule has 2 amide bonds. The lowest BCUT2D eigenvalue weighted by molar-refractivity contribution is -0.137. The van der Waals surface area contributed by atoms with E-state index >= 15 is 0 Å². The van der Waals surface area contributed by atoms with Gasteiger partial charge in [0.25, 0.3) is 5.91 Å². The van der Waals surface area contributed by atoms with Crippen molar-refractivity contribution in [2.24, 2.45) is 0 Å². The number of methoxy groups -OCH3 is 1. The lowest BCUT2D eigenvalue weighted by Gasteiger charge is -2.21. The van der Waals surface area contributed by atoms with Crippen molar-refractivity contribution >= 4 is 11.8 Å². The molecular weight excluding hydrogens is 284 g/mol. The van der Waals surface area contributed by atoms with Gasteiger partial charge in [-0.15, -0.1) is 0 Å². The van der Waals surface area contributed by atoms with Crippen molar-refractivity contribution in [3.63, 3.8) is 0 Å². The average Bonchev–Trinajstić information content (AvgIpc) is 2.49. The predicted octanol–water partition coefficient (Wildman–Crippen LogP) is 1.45. The van der Waals surface area contributed by atoms with Crippen molar-refractivity contribution in [2.75, 3.05) is 26.8 Å². The monoisotopic (exact) mass is 308 g/mol. The smallest absolute Gasteiger partial charge is 0.260 e. The number of hydrogen-bond acceptors (Lipinski definition) is 4. The van der Waals surface area contributed by atoms with E-state index in [9.17, 15) is 9.59 Å². The van der Waals surface area contributed by atoms with Crippen molar-refractivity contribution in [1.82, 2.24) is 10.2 Å². The molecule has 0 atom stereocenters. The molecule has 0 spiro atoms. The SMILES string of the molecule is CCN(CC(=O)NC(C)C)C(=O)COc1cccc(OC)c1. The summed E-state index contributed by atoms with van der Waals surface area (Å²) < 4.78 is 10.5. The first-order valence-electron chi connectivity index (χ1n) is 7.30. The minimum absolute atomic E-state index is 0.0367. The number of ether oxygens (including phenoxy) is 2. The molecular formula is C16H24N2O4. The quantitative estimate of drug-likeness (QED) is 0.789. The summed E-state index contributed by atoms with van der Waals surface area (Å²) in [5, 5.41) is 2.76. The van der Waals surface area contributed by atoms with Gasteiger partial charge in [-0.05, 0) is 32.9 Å². The van der Waals surface area contributed by atoms with E-state index in [1.807, 2.05) is 20.8 Å². The summed E-state index contributed by atoms with van der Waals surface area (Å²) >= 11 is 0. The fourth-order valence-corrected chi connectivity index (χ4v) is 1.84. The van der Waals surface area contributed by atoms with E-state index in [0.717, 1.165) is 0 Å². The molecule has 0 unspecified atom stereocenters. The highest BCUT2D eigenvalue weighted by atomic mass is 16.5. The Morgan fingerprint density at radius 1 is 1.27 bits per heavy atom. The second-order valence-corrected chi connectivity index (χ2v) is 5.10. The number of nitrogens with zero attached hydrogens (tertiary/aromatic N) is 1. The van der Waals surface area contributed by atoms with Crippen LogP contribution in [0.5, 0.6) is 11.5 Å². The first-order valence-corrected chi connectivity index (χ1v) is 7.30. The highest BCUT2D eigenvalue weighted by Gasteiger charge is 2.16. The van der Waals surface area contributed by atoms with Gasteiger partial charge >= 0.3 is 0 Å². The molecule has 6 nitrogen and oxygen atoms in total. The van der Waals surface area contributed by atoms with Crippen molar-refractivity contribution < 1.29 is 19.1 Å². The van der Waals surface area contributed by atoms with Gasteiger partial charge in [-0.1, -0.05) is 6.07 Å². The molecule has 0 aliphatic rings. The molecule has 0 heterocycles. The maximum atomic E-state index is 12.1. The van der Waals surface area contributed by atoms with Gasteiger partial charge in [0.2, 0.25) is 5.91 Å². The molecule has 0 bridgehead atoms. The number of hydrogen-bond donors (Lipinski definition) is 1. The summed E-state index contributed by atoms with van der Waals surface area (Å²) in [6.45, 7) is 5.95. The van der Waals surface area contributed by atoms with Crippen LogP contribution in [0.3, 0.4) is 0 Å². The molecule has 1 aromatic rings. The highest BCUT2D eigenvalue weighted by Crippen LogP contribution is 2.18. The summed E-state index contributed by atoms with van der Waals surface area (Å²) in [5.41, 5.74) is 0. The third kappa shape index (κ3) is 6.03. The van der Waals surface area contributed by atoms with Crippen molar-refractivity contribution in [1.29, 1.82) is 0 Å². The zero-order valence-electron chi connectivity index (χ0n) is 13.6. The second kappa shape index (κ2) is 8.92. The first-order chi connectivity index (χ1) is 10.5. The number of likely N-dealkylation sites (N-methyl/N-ethyl adjacent to an activating group) is 1. The van der Waals surface area contributed by atoms with E-state index in [4.69, 9.17) is 9.47 Å². The van der Waals surface area contributed by atoms with Crippen LogP contribution in [0, 0.1) is 0 Å². The van der Waals surface area contributed by atoms with Crippen LogP contribution in [0.25, 0.3) is 0 Å². The lowest BCUT2D eigenvalue weighted by Crippen LogP contribution is -2.44. The maximum absolute atomic E-state index is 12.1. The van der Waals surface area contributed by atoms with Gasteiger partial charge in [-0.2, -0.15) is 0 Å². The van der Waals surface area contributed by atoms with Crippen LogP contribution in [0.1, 0.15) is 20.8 Å². The molecule has 0 saturated carbocycles. The molecule has 1 rings (SSSR count). The molecule has 0 fully saturated rings. The van der Waals surface area contributed by atoms with Crippen LogP contribution in [-0.2, 0) is 9.59 Å². The summed E-state index contributed by atoms with van der Waals surface area (Å²) in [5.74, 6) is 0.805. The van der Waals surface area contributed by atoms with Crippen LogP contribution < -0.4 is 14.8 Å². The number of rotatable bonds is 8. The van der Waals surface area contributed by atoms with E-state index in [2.05, 4.69) is 5.32 Å². The highest BCUT2D eigenvalue weighted by molar-refractivity contribution is 5.85. The molecule has 0 aliphatic carbocycles. The molecule has 122 valence electrons. The van der Waals surface area contributed by atoms with Gasteiger partial charge in [0.05, 0.1) is 13.7 Å². The van der Waals surface area contributed by atoms with Crippen LogP contribution in [0.4, 0.5) is 0 Å². The summed E-state index contributed by atoms with van der Waals surface area (Å²) in [6, 6.07) is 7.08. The zero-order chi connectivity index (χ0) is 16.5. The molecule has 22 heavy (non-hydrogen) atoms. The normalized spacial score (nSPS) is 10.2. The number of carbonyl (C=O) groups is 2. The molecule has 6 heteroatoms. The maximum Gasteiger partial charge on any atom is 0.260 e. The van der Waals surface area contributed by atoms with Gasteiger partial charge in [-0.3, -0.25) is 9.59 Å². The van der Waals surface area contributed by atoms with Gasteiger partial charge in [0, 0.05) is 18.7 Å². The molecule has 0 radical (unpaired) electrons. The van der Waals surface area contributed by atoms with Crippen molar-refractivity contribution in [2.45, 2.75) is 26.8 Å². The van der Waals surface area contributed by atoms with Crippen LogP contribution in [0.15, 0.2) is 24.3 Å². The number of carbonyl (C=O) groups excluding carboxylic acids is 2. The summed E-state index contributed by atoms with van der Waals surface area (Å²) in [6.07, 6.45) is 0. The number of nitrogens with one attached hydrogen (secondary N) is 1. The molecule has 1 aromatic carbocycles. The topological polar surface area (TPSA) is 67.9 Å². The first kappa shape index (κ1) is 17.8. The van der Waals surface area contributed by atoms with Gasteiger partial charge < -0.3 is 19.7 Å². The Bertz CT molecular complexity index is 503. The fraction of sp³-hybridized carbons (Fsp3) is 0.500. The minimum Gasteiger partial charge on any atom is -0.497 e. The third-order valence-corrected chi connectivity index (χ3v) is 2.92. The van der Waals surface area contributed by atoms with Gasteiger partial charge in [0.15, 0.2) is 6.61 Å². The Morgan fingerprint density at radius 2 is 1.95 bits per heavy atom. The van der Waals surface area contributed by atoms with E-state index < -0.39 is 0 Å². The zero-order valence-corrected chi connectivity index (χ0v) is 13.6. The van der Waals surface area contributed by atoms with Crippen LogP contribution in [-0.4, -0.2) is 49.6 Å². The number of benzene rings is 1. The van der Waals surface area contributed by atoms with Gasteiger partial charge in [-0.25, -0.2) is 0 Å². The van der Waals surface area contributed by atoms with E-state index in [1.165, 1.54) is 4.90 Å². The standard InChI is InChI=1S/C16H24N2O4/c1-5-18(10-15(19)17-12(2)3)16(20)11-22-14-8-6-7-13(9-14)21-4/h6-9,12H,5,10-11H2,1-4H3,(H,17,19).